The number of carbonyl (C=O) groups is 2. The van der Waals surface area contributed by atoms with E-state index in [-0.39, 0.29) is 10.9 Å². The molecule has 0 spiro atoms. The van der Waals surface area contributed by atoms with Gasteiger partial charge in [-0.05, 0) is 37.1 Å². The minimum absolute atomic E-state index is 0.108. The van der Waals surface area contributed by atoms with Gasteiger partial charge in [0.05, 0.1) is 4.90 Å². The molecule has 7 nitrogen and oxygen atoms in total. The van der Waals surface area contributed by atoms with E-state index >= 15 is 0 Å². The van der Waals surface area contributed by atoms with Crippen LogP contribution in [-0.4, -0.2) is 39.5 Å². The van der Waals surface area contributed by atoms with Crippen molar-refractivity contribution in [2.45, 2.75) is 43.0 Å². The fourth-order valence-corrected chi connectivity index (χ4v) is 3.53. The highest BCUT2D eigenvalue weighted by atomic mass is 32.2. The van der Waals surface area contributed by atoms with E-state index in [1.165, 1.54) is 0 Å². The Balaban J connectivity index is 1.72. The van der Waals surface area contributed by atoms with Crippen molar-refractivity contribution in [3.8, 4) is 0 Å². The molecule has 2 rings (SSSR count). The number of hydrogen-bond donors (Lipinski definition) is 2. The first-order valence-electron chi connectivity index (χ1n) is 8.07. The first-order valence-corrected chi connectivity index (χ1v) is 9.55. The lowest BCUT2D eigenvalue weighted by Crippen LogP contribution is -2.39. The molecular weight excluding hydrogens is 351 g/mol. The smallest absolute Gasteiger partial charge is 0.321 e. The van der Waals surface area contributed by atoms with Crippen LogP contribution in [0.15, 0.2) is 29.2 Å². The molecule has 25 heavy (non-hydrogen) atoms. The van der Waals surface area contributed by atoms with Crippen LogP contribution < -0.4 is 10.0 Å². The number of ether oxygens (including phenoxy) is 1. The van der Waals surface area contributed by atoms with Crippen molar-refractivity contribution in [3.63, 3.8) is 0 Å². The molecule has 1 aromatic rings. The summed E-state index contributed by atoms with van der Waals surface area (Å²) in [6.45, 7) is -1.07. The Morgan fingerprint density at radius 1 is 1.12 bits per heavy atom. The molecular formula is C16H21FN2O5S. The molecule has 1 aliphatic carbocycles. The zero-order valence-corrected chi connectivity index (χ0v) is 14.5. The van der Waals surface area contributed by atoms with Gasteiger partial charge in [-0.3, -0.25) is 9.59 Å². The normalized spacial score (nSPS) is 15.6. The average Bonchev–Trinajstić information content (AvgIpc) is 2.59. The summed E-state index contributed by atoms with van der Waals surface area (Å²) >= 11 is 0. The minimum atomic E-state index is -3.95. The molecule has 1 aromatic carbocycles. The molecule has 0 heterocycles. The highest BCUT2D eigenvalue weighted by molar-refractivity contribution is 7.89. The van der Waals surface area contributed by atoms with Gasteiger partial charge in [-0.15, -0.1) is 0 Å². The van der Waals surface area contributed by atoms with Crippen molar-refractivity contribution in [2.75, 3.05) is 13.2 Å². The van der Waals surface area contributed by atoms with Gasteiger partial charge in [-0.1, -0.05) is 19.3 Å². The largest absolute Gasteiger partial charge is 0.455 e. The number of nitrogens with one attached hydrogen (secondary N) is 2. The molecule has 1 aliphatic rings. The van der Waals surface area contributed by atoms with E-state index in [2.05, 4.69) is 5.32 Å². The number of hydrogen-bond acceptors (Lipinski definition) is 5. The maximum atomic E-state index is 12.8. The van der Waals surface area contributed by atoms with Gasteiger partial charge >= 0.3 is 5.97 Å². The van der Waals surface area contributed by atoms with Crippen molar-refractivity contribution in [1.82, 2.24) is 10.0 Å². The third kappa shape index (κ3) is 6.43. The second-order valence-electron chi connectivity index (χ2n) is 5.84. The maximum Gasteiger partial charge on any atom is 0.321 e. The van der Waals surface area contributed by atoms with Crippen molar-refractivity contribution in [2.24, 2.45) is 0 Å². The minimum Gasteiger partial charge on any atom is -0.455 e. The van der Waals surface area contributed by atoms with Gasteiger partial charge < -0.3 is 10.1 Å². The van der Waals surface area contributed by atoms with Crippen molar-refractivity contribution in [3.05, 3.63) is 30.1 Å². The van der Waals surface area contributed by atoms with Gasteiger partial charge in [0.2, 0.25) is 10.0 Å². The Labute approximate surface area is 146 Å². The summed E-state index contributed by atoms with van der Waals surface area (Å²) in [5.41, 5.74) is 0. The molecule has 2 N–H and O–H groups in total. The van der Waals surface area contributed by atoms with E-state index in [4.69, 9.17) is 4.74 Å². The van der Waals surface area contributed by atoms with E-state index in [9.17, 15) is 22.4 Å². The molecule has 0 aliphatic heterocycles. The number of esters is 1. The number of sulfonamides is 1. The van der Waals surface area contributed by atoms with Gasteiger partial charge in [-0.25, -0.2) is 12.8 Å². The van der Waals surface area contributed by atoms with Crippen LogP contribution in [-0.2, 0) is 24.3 Å². The SMILES string of the molecule is O=C(COC(=O)CNS(=O)(=O)c1ccc(F)cc1)NC1CCCCC1. The molecule has 0 unspecified atom stereocenters. The Hall–Kier alpha value is -2.00. The molecule has 0 bridgehead atoms. The third-order valence-corrected chi connectivity index (χ3v) is 5.28. The average molecular weight is 372 g/mol. The summed E-state index contributed by atoms with van der Waals surface area (Å²) in [7, 11) is -3.95. The molecule has 0 saturated heterocycles. The van der Waals surface area contributed by atoms with Crippen LogP contribution in [0.1, 0.15) is 32.1 Å². The lowest BCUT2D eigenvalue weighted by atomic mass is 9.95. The molecule has 138 valence electrons. The van der Waals surface area contributed by atoms with E-state index in [1.54, 1.807) is 0 Å². The molecule has 1 saturated carbocycles. The highest BCUT2D eigenvalue weighted by Crippen LogP contribution is 2.17. The number of amides is 1. The quantitative estimate of drug-likeness (QED) is 0.698. The Morgan fingerprint density at radius 3 is 2.40 bits per heavy atom. The fraction of sp³-hybridized carbons (Fsp3) is 0.500. The molecule has 0 aromatic heterocycles. The second kappa shape index (κ2) is 8.91. The summed E-state index contributed by atoms with van der Waals surface area (Å²) < 4.78 is 43.5. The van der Waals surface area contributed by atoms with Crippen LogP contribution in [0.2, 0.25) is 0 Å². The van der Waals surface area contributed by atoms with Crippen LogP contribution in [0.3, 0.4) is 0 Å². The van der Waals surface area contributed by atoms with Gasteiger partial charge in [0.25, 0.3) is 5.91 Å². The Morgan fingerprint density at radius 2 is 1.76 bits per heavy atom. The molecule has 1 amide bonds. The van der Waals surface area contributed by atoms with Crippen molar-refractivity contribution >= 4 is 21.9 Å². The van der Waals surface area contributed by atoms with E-state index in [1.807, 2.05) is 4.72 Å². The van der Waals surface area contributed by atoms with Crippen molar-refractivity contribution in [1.29, 1.82) is 0 Å². The lowest BCUT2D eigenvalue weighted by molar-refractivity contribution is -0.147. The molecule has 1 fully saturated rings. The zero-order chi connectivity index (χ0) is 18.3. The van der Waals surface area contributed by atoms with Gasteiger partial charge in [0.1, 0.15) is 12.4 Å². The maximum absolute atomic E-state index is 12.8. The van der Waals surface area contributed by atoms with Crippen LogP contribution in [0.5, 0.6) is 0 Å². The summed E-state index contributed by atoms with van der Waals surface area (Å²) in [5.74, 6) is -1.84. The second-order valence-corrected chi connectivity index (χ2v) is 7.61. The number of rotatable bonds is 7. The van der Waals surface area contributed by atoms with Crippen LogP contribution in [0.25, 0.3) is 0 Å². The van der Waals surface area contributed by atoms with Crippen LogP contribution in [0, 0.1) is 5.82 Å². The first-order chi connectivity index (χ1) is 11.9. The number of halogens is 1. The summed E-state index contributed by atoms with van der Waals surface area (Å²) in [4.78, 5) is 23.1. The summed E-state index contributed by atoms with van der Waals surface area (Å²) in [6.07, 6.45) is 5.12. The topological polar surface area (TPSA) is 102 Å². The number of benzene rings is 1. The predicted molar refractivity (Wildman–Crippen MR) is 87.6 cm³/mol. The summed E-state index contributed by atoms with van der Waals surface area (Å²) in [6, 6.07) is 4.28. The zero-order valence-electron chi connectivity index (χ0n) is 13.7. The lowest BCUT2D eigenvalue weighted by Gasteiger charge is -2.22. The van der Waals surface area contributed by atoms with E-state index in [0.29, 0.717) is 0 Å². The standard InChI is InChI=1S/C16H21FN2O5S/c17-12-6-8-14(9-7-12)25(22,23)18-10-16(21)24-11-15(20)19-13-4-2-1-3-5-13/h6-9,13,18H,1-5,10-11H2,(H,19,20). The molecule has 0 atom stereocenters. The Kier molecular flexibility index (Phi) is 6.89. The van der Waals surface area contributed by atoms with Crippen molar-refractivity contribution < 1.29 is 27.1 Å². The van der Waals surface area contributed by atoms with E-state index < -0.39 is 40.9 Å². The monoisotopic (exact) mass is 372 g/mol. The number of carbonyl (C=O) groups excluding carboxylic acids is 2. The van der Waals surface area contributed by atoms with Crippen LogP contribution >= 0.6 is 0 Å². The van der Waals surface area contributed by atoms with Gasteiger partial charge in [0, 0.05) is 6.04 Å². The van der Waals surface area contributed by atoms with Gasteiger partial charge in [0.15, 0.2) is 6.61 Å². The Bertz CT molecular complexity index is 700. The van der Waals surface area contributed by atoms with Crippen LogP contribution in [0.4, 0.5) is 4.39 Å². The molecule has 0 radical (unpaired) electrons. The summed E-state index contributed by atoms with van der Waals surface area (Å²) in [5, 5.41) is 2.79. The third-order valence-electron chi connectivity index (χ3n) is 3.86. The van der Waals surface area contributed by atoms with Gasteiger partial charge in [-0.2, -0.15) is 4.72 Å². The fourth-order valence-electron chi connectivity index (χ4n) is 2.56. The highest BCUT2D eigenvalue weighted by Gasteiger charge is 2.18. The predicted octanol–water partition coefficient (Wildman–Crippen LogP) is 1.10. The molecule has 9 heteroatoms. The first kappa shape index (κ1) is 19.3. The van der Waals surface area contributed by atoms with E-state index in [0.717, 1.165) is 56.4 Å².